The van der Waals surface area contributed by atoms with Gasteiger partial charge in [-0.2, -0.15) is 0 Å². The number of fused-ring (bicyclic) bond motifs is 1. The van der Waals surface area contributed by atoms with E-state index in [-0.39, 0.29) is 0 Å². The van der Waals surface area contributed by atoms with Crippen LogP contribution in [0.4, 0.5) is 0 Å². The molecular weight excluding hydrogens is 262 g/mol. The van der Waals surface area contributed by atoms with Crippen molar-refractivity contribution in [3.63, 3.8) is 0 Å². The van der Waals surface area contributed by atoms with Gasteiger partial charge in [0.25, 0.3) is 0 Å². The van der Waals surface area contributed by atoms with Gasteiger partial charge in [-0.25, -0.2) is 0 Å². The SMILES string of the molecule is c1ccc2c(CNCCCOC3CCCCC3)coc2c1. The highest BCUT2D eigenvalue weighted by atomic mass is 16.5. The summed E-state index contributed by atoms with van der Waals surface area (Å²) in [4.78, 5) is 0. The Labute approximate surface area is 126 Å². The fraction of sp³-hybridized carbons (Fsp3) is 0.556. The summed E-state index contributed by atoms with van der Waals surface area (Å²) in [6, 6.07) is 8.18. The van der Waals surface area contributed by atoms with Crippen molar-refractivity contribution in [2.75, 3.05) is 13.2 Å². The Hall–Kier alpha value is -1.32. The molecule has 1 N–H and O–H groups in total. The average Bonchev–Trinajstić information content (AvgIpc) is 2.95. The van der Waals surface area contributed by atoms with Crippen molar-refractivity contribution in [3.05, 3.63) is 36.1 Å². The molecule has 1 fully saturated rings. The Kier molecular flexibility index (Phi) is 5.30. The minimum Gasteiger partial charge on any atom is -0.464 e. The zero-order valence-corrected chi connectivity index (χ0v) is 12.6. The van der Waals surface area contributed by atoms with Crippen LogP contribution < -0.4 is 5.32 Å². The van der Waals surface area contributed by atoms with Crippen LogP contribution in [0.25, 0.3) is 11.0 Å². The molecule has 3 rings (SSSR count). The standard InChI is InChI=1S/C18H25NO2/c1-2-7-16(8-3-1)20-12-6-11-19-13-15-14-21-18-10-5-4-9-17(15)18/h4-5,9-10,14,16,19H,1-3,6-8,11-13H2. The predicted octanol–water partition coefficient (Wildman–Crippen LogP) is 4.26. The van der Waals surface area contributed by atoms with Crippen LogP contribution in [0.1, 0.15) is 44.1 Å². The molecule has 114 valence electrons. The van der Waals surface area contributed by atoms with Gasteiger partial charge in [0.1, 0.15) is 5.58 Å². The third-order valence-corrected chi connectivity index (χ3v) is 4.28. The molecule has 21 heavy (non-hydrogen) atoms. The summed E-state index contributed by atoms with van der Waals surface area (Å²) < 4.78 is 11.5. The van der Waals surface area contributed by atoms with Gasteiger partial charge >= 0.3 is 0 Å². The Morgan fingerprint density at radius 1 is 1.14 bits per heavy atom. The fourth-order valence-electron chi connectivity index (χ4n) is 3.07. The lowest BCUT2D eigenvalue weighted by molar-refractivity contribution is 0.0273. The molecule has 0 aliphatic heterocycles. The van der Waals surface area contributed by atoms with Gasteiger partial charge in [0, 0.05) is 24.1 Å². The van der Waals surface area contributed by atoms with Crippen molar-refractivity contribution in [1.29, 1.82) is 0 Å². The number of rotatable bonds is 7. The van der Waals surface area contributed by atoms with Gasteiger partial charge in [-0.1, -0.05) is 37.5 Å². The first-order valence-electron chi connectivity index (χ1n) is 8.21. The molecule has 3 nitrogen and oxygen atoms in total. The smallest absolute Gasteiger partial charge is 0.134 e. The van der Waals surface area contributed by atoms with Crippen molar-refractivity contribution in [1.82, 2.24) is 5.32 Å². The second-order valence-electron chi connectivity index (χ2n) is 5.92. The highest BCUT2D eigenvalue weighted by Crippen LogP contribution is 2.21. The molecule has 1 aromatic heterocycles. The molecule has 0 bridgehead atoms. The number of furan rings is 1. The van der Waals surface area contributed by atoms with E-state index in [1.165, 1.54) is 43.1 Å². The minimum atomic E-state index is 0.525. The van der Waals surface area contributed by atoms with E-state index in [0.29, 0.717) is 6.10 Å². The molecule has 0 spiro atoms. The van der Waals surface area contributed by atoms with Gasteiger partial charge in [-0.05, 0) is 31.9 Å². The topological polar surface area (TPSA) is 34.4 Å². The summed E-state index contributed by atoms with van der Waals surface area (Å²) in [5.74, 6) is 0. The summed E-state index contributed by atoms with van der Waals surface area (Å²) in [5, 5.41) is 4.69. The normalized spacial score (nSPS) is 16.6. The van der Waals surface area contributed by atoms with Crippen molar-refractivity contribution < 1.29 is 9.15 Å². The summed E-state index contributed by atoms with van der Waals surface area (Å²) >= 11 is 0. The molecule has 1 heterocycles. The lowest BCUT2D eigenvalue weighted by atomic mass is 9.98. The van der Waals surface area contributed by atoms with Crippen LogP contribution >= 0.6 is 0 Å². The average molecular weight is 287 g/mol. The minimum absolute atomic E-state index is 0.525. The van der Waals surface area contributed by atoms with Crippen molar-refractivity contribution >= 4 is 11.0 Å². The highest BCUT2D eigenvalue weighted by Gasteiger charge is 2.12. The summed E-state index contributed by atoms with van der Waals surface area (Å²) in [6.45, 7) is 2.73. The number of ether oxygens (including phenoxy) is 1. The highest BCUT2D eigenvalue weighted by molar-refractivity contribution is 5.80. The van der Waals surface area contributed by atoms with E-state index >= 15 is 0 Å². The lowest BCUT2D eigenvalue weighted by Gasteiger charge is -2.21. The van der Waals surface area contributed by atoms with Crippen LogP contribution in [0.15, 0.2) is 34.9 Å². The molecule has 1 saturated carbocycles. The van der Waals surface area contributed by atoms with Crippen LogP contribution in [0, 0.1) is 0 Å². The van der Waals surface area contributed by atoms with E-state index in [4.69, 9.17) is 9.15 Å². The molecular formula is C18H25NO2. The molecule has 0 saturated heterocycles. The molecule has 1 aliphatic carbocycles. The third kappa shape index (κ3) is 4.08. The summed E-state index contributed by atoms with van der Waals surface area (Å²) in [5.41, 5.74) is 2.20. The number of nitrogens with one attached hydrogen (secondary N) is 1. The predicted molar refractivity (Wildman–Crippen MR) is 85.4 cm³/mol. The second-order valence-corrected chi connectivity index (χ2v) is 5.92. The van der Waals surface area contributed by atoms with Crippen molar-refractivity contribution in [3.8, 4) is 0 Å². The Balaban J connectivity index is 1.33. The first kappa shape index (κ1) is 14.6. The molecule has 3 heteroatoms. The zero-order valence-electron chi connectivity index (χ0n) is 12.6. The Morgan fingerprint density at radius 2 is 2.00 bits per heavy atom. The van der Waals surface area contributed by atoms with E-state index in [9.17, 15) is 0 Å². The van der Waals surface area contributed by atoms with Crippen LogP contribution in [-0.4, -0.2) is 19.3 Å². The third-order valence-electron chi connectivity index (χ3n) is 4.28. The van der Waals surface area contributed by atoms with E-state index < -0.39 is 0 Å². The monoisotopic (exact) mass is 287 g/mol. The van der Waals surface area contributed by atoms with Gasteiger partial charge in [-0.15, -0.1) is 0 Å². The number of para-hydroxylation sites is 1. The summed E-state index contributed by atoms with van der Waals surface area (Å²) in [7, 11) is 0. The van der Waals surface area contributed by atoms with Crippen molar-refractivity contribution in [2.45, 2.75) is 51.2 Å². The van der Waals surface area contributed by atoms with Crippen LogP contribution in [0.2, 0.25) is 0 Å². The Morgan fingerprint density at radius 3 is 2.90 bits per heavy atom. The molecule has 0 unspecified atom stereocenters. The molecule has 1 aromatic carbocycles. The van der Waals surface area contributed by atoms with Gasteiger partial charge in [0.15, 0.2) is 0 Å². The number of hydrogen-bond acceptors (Lipinski definition) is 3. The Bertz CT molecular complexity index is 543. The van der Waals surface area contributed by atoms with Crippen LogP contribution in [-0.2, 0) is 11.3 Å². The second kappa shape index (κ2) is 7.62. The van der Waals surface area contributed by atoms with Crippen molar-refractivity contribution in [2.24, 2.45) is 0 Å². The maximum absolute atomic E-state index is 5.93. The maximum Gasteiger partial charge on any atom is 0.134 e. The quantitative estimate of drug-likeness (QED) is 0.773. The molecule has 1 aliphatic rings. The zero-order chi connectivity index (χ0) is 14.3. The lowest BCUT2D eigenvalue weighted by Crippen LogP contribution is -2.20. The maximum atomic E-state index is 5.93. The van der Waals surface area contributed by atoms with Gasteiger partial charge in [-0.3, -0.25) is 0 Å². The number of benzene rings is 1. The van der Waals surface area contributed by atoms with Crippen LogP contribution in [0.3, 0.4) is 0 Å². The largest absolute Gasteiger partial charge is 0.464 e. The van der Waals surface area contributed by atoms with E-state index in [1.54, 1.807) is 0 Å². The molecule has 0 radical (unpaired) electrons. The van der Waals surface area contributed by atoms with Crippen LogP contribution in [0.5, 0.6) is 0 Å². The van der Waals surface area contributed by atoms with E-state index in [1.807, 2.05) is 18.4 Å². The molecule has 0 amide bonds. The molecule has 0 atom stereocenters. The molecule has 2 aromatic rings. The first-order valence-corrected chi connectivity index (χ1v) is 8.21. The number of hydrogen-bond donors (Lipinski definition) is 1. The summed E-state index contributed by atoms with van der Waals surface area (Å²) in [6.07, 6.45) is 10.1. The fourth-order valence-corrected chi connectivity index (χ4v) is 3.07. The van der Waals surface area contributed by atoms with E-state index in [2.05, 4.69) is 17.4 Å². The first-order chi connectivity index (χ1) is 10.4. The van der Waals surface area contributed by atoms with Gasteiger partial charge in [0.2, 0.25) is 0 Å². The van der Waals surface area contributed by atoms with E-state index in [0.717, 1.165) is 31.7 Å². The van der Waals surface area contributed by atoms with Gasteiger partial charge < -0.3 is 14.5 Å². The van der Waals surface area contributed by atoms with Gasteiger partial charge in [0.05, 0.1) is 12.4 Å².